The summed E-state index contributed by atoms with van der Waals surface area (Å²) in [5.41, 5.74) is 2.31. The normalized spacial score (nSPS) is 16.1. The molecule has 1 fully saturated rings. The molecule has 1 aliphatic heterocycles. The minimum Gasteiger partial charge on any atom is -0.326 e. The Morgan fingerprint density at radius 2 is 1.82 bits per heavy atom. The smallest absolute Gasteiger partial charge is 0.227 e. The monoisotopic (exact) mass is 468 g/mol. The first kappa shape index (κ1) is 21.0. The highest BCUT2D eigenvalue weighted by molar-refractivity contribution is 9.10. The summed E-state index contributed by atoms with van der Waals surface area (Å²) in [6.07, 6.45) is 0.952. The van der Waals surface area contributed by atoms with Crippen LogP contribution in [0.3, 0.4) is 0 Å². The van der Waals surface area contributed by atoms with Crippen LogP contribution in [-0.2, 0) is 20.6 Å². The van der Waals surface area contributed by atoms with Crippen LogP contribution in [0, 0.1) is 18.7 Å². The molecule has 1 saturated heterocycles. The largest absolute Gasteiger partial charge is 0.326 e. The van der Waals surface area contributed by atoms with Crippen molar-refractivity contribution in [2.24, 2.45) is 5.92 Å². The molecule has 0 spiro atoms. The summed E-state index contributed by atoms with van der Waals surface area (Å²) in [7, 11) is -3.49. The van der Waals surface area contributed by atoms with E-state index in [-0.39, 0.29) is 17.6 Å². The molecule has 2 aromatic carbocycles. The number of hydrogen-bond donors (Lipinski definition) is 1. The number of sulfonamides is 1. The van der Waals surface area contributed by atoms with Crippen LogP contribution in [0.1, 0.15) is 24.0 Å². The van der Waals surface area contributed by atoms with Crippen molar-refractivity contribution in [1.29, 1.82) is 0 Å². The van der Waals surface area contributed by atoms with Gasteiger partial charge in [-0.05, 0) is 61.2 Å². The molecule has 1 heterocycles. The molecule has 3 rings (SSSR count). The summed E-state index contributed by atoms with van der Waals surface area (Å²) in [4.78, 5) is 12.5. The fourth-order valence-electron chi connectivity index (χ4n) is 3.25. The number of anilines is 1. The summed E-state index contributed by atoms with van der Waals surface area (Å²) in [5, 5.41) is 2.92. The second-order valence-corrected chi connectivity index (χ2v) is 9.83. The van der Waals surface area contributed by atoms with Crippen molar-refractivity contribution in [1.82, 2.24) is 4.31 Å². The van der Waals surface area contributed by atoms with Gasteiger partial charge >= 0.3 is 0 Å². The molecular weight excluding hydrogens is 447 g/mol. The van der Waals surface area contributed by atoms with Crippen molar-refractivity contribution < 1.29 is 17.6 Å². The second kappa shape index (κ2) is 8.71. The lowest BCUT2D eigenvalue weighted by atomic mass is 9.97. The van der Waals surface area contributed by atoms with Gasteiger partial charge in [0.25, 0.3) is 0 Å². The Kier molecular flexibility index (Phi) is 6.52. The highest BCUT2D eigenvalue weighted by Crippen LogP contribution is 2.25. The third-order valence-electron chi connectivity index (χ3n) is 4.91. The molecule has 1 aliphatic rings. The van der Waals surface area contributed by atoms with Gasteiger partial charge in [0.1, 0.15) is 5.82 Å². The molecule has 0 aromatic heterocycles. The van der Waals surface area contributed by atoms with Crippen molar-refractivity contribution in [3.05, 3.63) is 63.9 Å². The van der Waals surface area contributed by atoms with E-state index >= 15 is 0 Å². The van der Waals surface area contributed by atoms with E-state index in [1.54, 1.807) is 0 Å². The third kappa shape index (κ3) is 5.18. The molecule has 0 radical (unpaired) electrons. The molecule has 1 amide bonds. The number of carbonyl (C=O) groups is 1. The minimum atomic E-state index is -3.49. The third-order valence-corrected chi connectivity index (χ3v) is 7.65. The van der Waals surface area contributed by atoms with E-state index in [2.05, 4.69) is 21.2 Å². The number of aryl methyl sites for hydroxylation is 1. The quantitative estimate of drug-likeness (QED) is 0.718. The molecule has 2 aromatic rings. The summed E-state index contributed by atoms with van der Waals surface area (Å²) in [5.74, 6) is -0.866. The van der Waals surface area contributed by atoms with Gasteiger partial charge in [-0.2, -0.15) is 0 Å². The molecule has 0 saturated carbocycles. The van der Waals surface area contributed by atoms with Gasteiger partial charge in [-0.15, -0.1) is 0 Å². The SMILES string of the molecule is Cc1cc(NC(=O)C2CCN(S(=O)(=O)Cc3ccc(F)cc3)CC2)ccc1Br. The van der Waals surface area contributed by atoms with Crippen LogP contribution in [0.5, 0.6) is 0 Å². The van der Waals surface area contributed by atoms with Gasteiger partial charge in [0, 0.05) is 29.2 Å². The topological polar surface area (TPSA) is 66.5 Å². The van der Waals surface area contributed by atoms with E-state index in [4.69, 9.17) is 0 Å². The van der Waals surface area contributed by atoms with E-state index < -0.39 is 15.8 Å². The van der Waals surface area contributed by atoms with Crippen LogP contribution in [0.2, 0.25) is 0 Å². The maximum atomic E-state index is 13.0. The number of piperidine rings is 1. The predicted molar refractivity (Wildman–Crippen MR) is 111 cm³/mol. The van der Waals surface area contributed by atoms with E-state index in [0.29, 0.717) is 31.5 Å². The Bertz CT molecular complexity index is 956. The Morgan fingerprint density at radius 3 is 2.43 bits per heavy atom. The number of amides is 1. The van der Waals surface area contributed by atoms with Gasteiger partial charge < -0.3 is 5.32 Å². The Labute approximate surface area is 173 Å². The van der Waals surface area contributed by atoms with Crippen molar-refractivity contribution in [3.63, 3.8) is 0 Å². The first-order valence-corrected chi connectivity index (χ1v) is 11.4. The van der Waals surface area contributed by atoms with E-state index in [9.17, 15) is 17.6 Å². The van der Waals surface area contributed by atoms with Crippen LogP contribution in [0.15, 0.2) is 46.9 Å². The number of halogens is 2. The van der Waals surface area contributed by atoms with Gasteiger partial charge in [-0.25, -0.2) is 17.1 Å². The van der Waals surface area contributed by atoms with Gasteiger partial charge in [-0.1, -0.05) is 28.1 Å². The second-order valence-electron chi connectivity index (χ2n) is 7.01. The van der Waals surface area contributed by atoms with Gasteiger partial charge in [0.2, 0.25) is 15.9 Å². The summed E-state index contributed by atoms with van der Waals surface area (Å²) >= 11 is 3.43. The molecular formula is C20H22BrFN2O3S. The minimum absolute atomic E-state index is 0.0858. The van der Waals surface area contributed by atoms with E-state index in [0.717, 1.165) is 15.7 Å². The lowest BCUT2D eigenvalue weighted by molar-refractivity contribution is -0.120. The average Bonchev–Trinajstić information content (AvgIpc) is 2.66. The number of rotatable bonds is 5. The number of nitrogens with one attached hydrogen (secondary N) is 1. The fraction of sp³-hybridized carbons (Fsp3) is 0.350. The highest BCUT2D eigenvalue weighted by Gasteiger charge is 2.31. The highest BCUT2D eigenvalue weighted by atomic mass is 79.9. The zero-order valence-corrected chi connectivity index (χ0v) is 17.9. The van der Waals surface area contributed by atoms with Crippen LogP contribution < -0.4 is 5.32 Å². The molecule has 0 atom stereocenters. The van der Waals surface area contributed by atoms with Gasteiger partial charge in [-0.3, -0.25) is 4.79 Å². The molecule has 5 nitrogen and oxygen atoms in total. The van der Waals surface area contributed by atoms with Crippen molar-refractivity contribution in [2.45, 2.75) is 25.5 Å². The van der Waals surface area contributed by atoms with E-state index in [1.165, 1.54) is 28.6 Å². The predicted octanol–water partition coefficient (Wildman–Crippen LogP) is 4.08. The molecule has 0 bridgehead atoms. The number of hydrogen-bond acceptors (Lipinski definition) is 3. The molecule has 150 valence electrons. The van der Waals surface area contributed by atoms with Crippen molar-refractivity contribution >= 4 is 37.5 Å². The molecule has 8 heteroatoms. The van der Waals surface area contributed by atoms with Crippen LogP contribution >= 0.6 is 15.9 Å². The van der Waals surface area contributed by atoms with Crippen molar-refractivity contribution in [3.8, 4) is 0 Å². The zero-order valence-electron chi connectivity index (χ0n) is 15.5. The van der Waals surface area contributed by atoms with Crippen LogP contribution in [0.4, 0.5) is 10.1 Å². The van der Waals surface area contributed by atoms with Crippen LogP contribution in [0.25, 0.3) is 0 Å². The average molecular weight is 469 g/mol. The first-order chi connectivity index (χ1) is 13.2. The number of benzene rings is 2. The van der Waals surface area contributed by atoms with Crippen molar-refractivity contribution in [2.75, 3.05) is 18.4 Å². The molecule has 0 aliphatic carbocycles. The lowest BCUT2D eigenvalue weighted by Crippen LogP contribution is -2.41. The standard InChI is InChI=1S/C20H22BrFN2O3S/c1-14-12-18(6-7-19(14)21)23-20(25)16-8-10-24(11-9-16)28(26,27)13-15-2-4-17(22)5-3-15/h2-7,12,16H,8-11,13H2,1H3,(H,23,25). The number of nitrogens with zero attached hydrogens (tertiary/aromatic N) is 1. The van der Waals surface area contributed by atoms with E-state index in [1.807, 2.05) is 25.1 Å². The summed E-state index contributed by atoms with van der Waals surface area (Å²) in [6.45, 7) is 2.56. The molecule has 0 unspecified atom stereocenters. The number of carbonyl (C=O) groups excluding carboxylic acids is 1. The molecule has 28 heavy (non-hydrogen) atoms. The summed E-state index contributed by atoms with van der Waals surface area (Å²) in [6, 6.07) is 11.1. The van der Waals surface area contributed by atoms with Gasteiger partial charge in [0.15, 0.2) is 0 Å². The maximum Gasteiger partial charge on any atom is 0.227 e. The maximum absolute atomic E-state index is 13.0. The summed E-state index contributed by atoms with van der Waals surface area (Å²) < 4.78 is 40.6. The van der Waals surface area contributed by atoms with Gasteiger partial charge in [0.05, 0.1) is 5.75 Å². The van der Waals surface area contributed by atoms with Crippen LogP contribution in [-0.4, -0.2) is 31.7 Å². The Hall–Kier alpha value is -1.77. The fourth-order valence-corrected chi connectivity index (χ4v) is 5.06. The molecule has 1 N–H and O–H groups in total. The Balaban J connectivity index is 1.56. The Morgan fingerprint density at radius 1 is 1.18 bits per heavy atom. The lowest BCUT2D eigenvalue weighted by Gasteiger charge is -2.30. The zero-order chi connectivity index (χ0) is 20.3. The first-order valence-electron chi connectivity index (χ1n) is 9.04.